The Bertz CT molecular complexity index is 513. The molecule has 1 N–H and O–H groups in total. The van der Waals surface area contributed by atoms with Gasteiger partial charge in [-0.3, -0.25) is 5.32 Å². The van der Waals surface area contributed by atoms with Crippen molar-refractivity contribution >= 4 is 17.7 Å². The fourth-order valence-corrected chi connectivity index (χ4v) is 1.24. The van der Waals surface area contributed by atoms with Crippen LogP contribution in [0.1, 0.15) is 52.2 Å². The molecule has 0 aliphatic carbocycles. The summed E-state index contributed by atoms with van der Waals surface area (Å²) in [4.78, 5) is 31.0. The van der Waals surface area contributed by atoms with Crippen molar-refractivity contribution in [1.82, 2.24) is 9.97 Å². The molecule has 1 heterocycles. The first-order valence-electron chi connectivity index (χ1n) is 6.52. The molecule has 0 aliphatic heterocycles. The summed E-state index contributed by atoms with van der Waals surface area (Å²) in [6.07, 6.45) is 2.02. The van der Waals surface area contributed by atoms with Crippen molar-refractivity contribution in [2.24, 2.45) is 0 Å². The number of carbonyl (C=O) groups excluding carboxylic acids is 2. The Labute approximate surface area is 124 Å². The summed E-state index contributed by atoms with van der Waals surface area (Å²) in [5.41, 5.74) is -0.883. The lowest BCUT2D eigenvalue weighted by atomic mass is 10.2. The Balaban J connectivity index is 2.66. The van der Waals surface area contributed by atoms with Crippen molar-refractivity contribution in [3.8, 4) is 0 Å². The topological polar surface area (TPSA) is 90.4 Å². The highest BCUT2D eigenvalue weighted by atomic mass is 16.6. The van der Waals surface area contributed by atoms with E-state index in [1.165, 1.54) is 12.4 Å². The average molecular weight is 295 g/mol. The zero-order valence-electron chi connectivity index (χ0n) is 13.2. The second kappa shape index (κ2) is 6.07. The van der Waals surface area contributed by atoms with E-state index in [1.54, 1.807) is 41.5 Å². The summed E-state index contributed by atoms with van der Waals surface area (Å²) in [5, 5.41) is 2.47. The first-order valence-corrected chi connectivity index (χ1v) is 6.52. The van der Waals surface area contributed by atoms with Crippen molar-refractivity contribution in [2.75, 3.05) is 5.32 Å². The van der Waals surface area contributed by atoms with Crippen LogP contribution in [0.3, 0.4) is 0 Å². The van der Waals surface area contributed by atoms with Gasteiger partial charge in [-0.2, -0.15) is 0 Å². The van der Waals surface area contributed by atoms with E-state index in [1.807, 2.05) is 0 Å². The zero-order valence-corrected chi connectivity index (χ0v) is 13.2. The van der Waals surface area contributed by atoms with E-state index in [-0.39, 0.29) is 5.82 Å². The maximum Gasteiger partial charge on any atom is 0.412 e. The molecule has 0 saturated heterocycles. The van der Waals surface area contributed by atoms with Crippen LogP contribution in [0.25, 0.3) is 0 Å². The smallest absolute Gasteiger partial charge is 0.412 e. The van der Waals surface area contributed by atoms with Gasteiger partial charge in [0.25, 0.3) is 0 Å². The van der Waals surface area contributed by atoms with Gasteiger partial charge in [0.2, 0.25) is 5.82 Å². The van der Waals surface area contributed by atoms with Crippen LogP contribution in [0.5, 0.6) is 0 Å². The van der Waals surface area contributed by atoms with Gasteiger partial charge in [-0.25, -0.2) is 19.6 Å². The molecule has 7 heteroatoms. The third kappa shape index (κ3) is 6.69. The van der Waals surface area contributed by atoms with E-state index < -0.39 is 23.3 Å². The van der Waals surface area contributed by atoms with Gasteiger partial charge < -0.3 is 9.47 Å². The summed E-state index contributed by atoms with van der Waals surface area (Å²) in [6, 6.07) is 0. The summed E-state index contributed by atoms with van der Waals surface area (Å²) < 4.78 is 10.2. The minimum atomic E-state index is -0.619. The maximum atomic E-state index is 11.7. The minimum absolute atomic E-state index is 0.0698. The summed E-state index contributed by atoms with van der Waals surface area (Å²) in [5.74, 6) is -0.689. The molecular formula is C14H21N3O4. The van der Waals surface area contributed by atoms with Crippen LogP contribution in [0, 0.1) is 0 Å². The Morgan fingerprint density at radius 2 is 1.43 bits per heavy atom. The number of rotatable bonds is 2. The summed E-state index contributed by atoms with van der Waals surface area (Å²) >= 11 is 0. The van der Waals surface area contributed by atoms with E-state index in [2.05, 4.69) is 15.3 Å². The first kappa shape index (κ1) is 16.9. The van der Waals surface area contributed by atoms with E-state index >= 15 is 0 Å². The molecule has 7 nitrogen and oxygen atoms in total. The first-order chi connectivity index (χ1) is 9.46. The van der Waals surface area contributed by atoms with Gasteiger partial charge in [-0.15, -0.1) is 0 Å². The Hall–Kier alpha value is -2.18. The highest BCUT2D eigenvalue weighted by Crippen LogP contribution is 2.12. The fourth-order valence-electron chi connectivity index (χ4n) is 1.24. The molecule has 0 spiro atoms. The Kier molecular flexibility index (Phi) is 4.88. The van der Waals surface area contributed by atoms with Gasteiger partial charge in [0.1, 0.15) is 11.2 Å². The molecule has 116 valence electrons. The predicted molar refractivity (Wildman–Crippen MR) is 77.1 cm³/mol. The molecule has 1 aromatic heterocycles. The van der Waals surface area contributed by atoms with Crippen LogP contribution in [0.15, 0.2) is 12.4 Å². The van der Waals surface area contributed by atoms with Gasteiger partial charge in [0.05, 0.1) is 18.1 Å². The molecule has 0 aliphatic rings. The van der Waals surface area contributed by atoms with E-state index in [9.17, 15) is 9.59 Å². The highest BCUT2D eigenvalue weighted by Gasteiger charge is 2.20. The van der Waals surface area contributed by atoms with Crippen LogP contribution >= 0.6 is 0 Å². The van der Waals surface area contributed by atoms with Gasteiger partial charge in [0.15, 0.2) is 0 Å². The van der Waals surface area contributed by atoms with Crippen molar-refractivity contribution in [3.05, 3.63) is 18.2 Å². The number of esters is 1. The molecule has 0 radical (unpaired) electrons. The predicted octanol–water partition coefficient (Wildman–Crippen LogP) is 2.78. The number of hydrogen-bond acceptors (Lipinski definition) is 6. The third-order valence-electron chi connectivity index (χ3n) is 1.88. The van der Waals surface area contributed by atoms with Crippen molar-refractivity contribution < 1.29 is 19.1 Å². The number of aromatic nitrogens is 2. The van der Waals surface area contributed by atoms with Crippen LogP contribution in [-0.4, -0.2) is 33.2 Å². The van der Waals surface area contributed by atoms with Crippen molar-refractivity contribution in [2.45, 2.75) is 52.7 Å². The monoisotopic (exact) mass is 295 g/mol. The number of hydrogen-bond donors (Lipinski definition) is 1. The number of nitrogens with one attached hydrogen (secondary N) is 1. The van der Waals surface area contributed by atoms with Crippen LogP contribution in [0.2, 0.25) is 0 Å². The summed E-state index contributed by atoms with van der Waals surface area (Å²) in [6.45, 7) is 10.5. The lowest BCUT2D eigenvalue weighted by Crippen LogP contribution is -2.27. The largest absolute Gasteiger partial charge is 0.454 e. The molecule has 1 aromatic rings. The molecule has 0 saturated carbocycles. The Morgan fingerprint density at radius 1 is 0.952 bits per heavy atom. The van der Waals surface area contributed by atoms with E-state index in [0.717, 1.165) is 0 Å². The van der Waals surface area contributed by atoms with Crippen LogP contribution in [0.4, 0.5) is 10.5 Å². The molecule has 0 atom stereocenters. The number of ether oxygens (including phenoxy) is 2. The lowest BCUT2D eigenvalue weighted by molar-refractivity contribution is 0.00555. The standard InChI is InChI=1S/C14H21N3O4/c1-13(2,3)20-11(18)10-15-7-9(8-16-10)17-12(19)21-14(4,5)6/h7-8H,1-6H3,(H,17,19). The van der Waals surface area contributed by atoms with E-state index in [4.69, 9.17) is 9.47 Å². The van der Waals surface area contributed by atoms with Crippen molar-refractivity contribution in [1.29, 1.82) is 0 Å². The average Bonchev–Trinajstić information content (AvgIpc) is 2.24. The van der Waals surface area contributed by atoms with E-state index in [0.29, 0.717) is 5.69 Å². The Morgan fingerprint density at radius 3 is 1.86 bits per heavy atom. The third-order valence-corrected chi connectivity index (χ3v) is 1.88. The maximum absolute atomic E-state index is 11.7. The molecule has 0 unspecified atom stereocenters. The number of amides is 1. The molecule has 0 fully saturated rings. The quantitative estimate of drug-likeness (QED) is 0.844. The van der Waals surface area contributed by atoms with Crippen LogP contribution < -0.4 is 5.32 Å². The normalized spacial score (nSPS) is 11.7. The zero-order chi connectivity index (χ0) is 16.3. The molecule has 1 amide bonds. The van der Waals surface area contributed by atoms with Crippen LogP contribution in [-0.2, 0) is 9.47 Å². The molecule has 21 heavy (non-hydrogen) atoms. The lowest BCUT2D eigenvalue weighted by Gasteiger charge is -2.19. The molecule has 1 rings (SSSR count). The molecule has 0 aromatic carbocycles. The van der Waals surface area contributed by atoms with Crippen molar-refractivity contribution in [3.63, 3.8) is 0 Å². The number of carbonyl (C=O) groups is 2. The molecular weight excluding hydrogens is 274 g/mol. The number of anilines is 1. The second-order valence-electron chi connectivity index (χ2n) is 6.42. The van der Waals surface area contributed by atoms with Gasteiger partial charge in [-0.1, -0.05) is 0 Å². The van der Waals surface area contributed by atoms with Gasteiger partial charge in [0, 0.05) is 0 Å². The van der Waals surface area contributed by atoms with Gasteiger partial charge >= 0.3 is 12.1 Å². The highest BCUT2D eigenvalue weighted by molar-refractivity contribution is 5.87. The molecule has 0 bridgehead atoms. The minimum Gasteiger partial charge on any atom is -0.454 e. The summed E-state index contributed by atoms with van der Waals surface area (Å²) in [7, 11) is 0. The SMILES string of the molecule is CC(C)(C)OC(=O)Nc1cnc(C(=O)OC(C)(C)C)nc1. The fraction of sp³-hybridized carbons (Fsp3) is 0.571. The second-order valence-corrected chi connectivity index (χ2v) is 6.42. The van der Waals surface area contributed by atoms with Gasteiger partial charge in [-0.05, 0) is 41.5 Å². The number of nitrogens with zero attached hydrogens (tertiary/aromatic N) is 2.